The predicted molar refractivity (Wildman–Crippen MR) is 88.7 cm³/mol. The van der Waals surface area contributed by atoms with Gasteiger partial charge in [-0.15, -0.1) is 0 Å². The van der Waals surface area contributed by atoms with Gasteiger partial charge in [-0.2, -0.15) is 0 Å². The van der Waals surface area contributed by atoms with E-state index in [2.05, 4.69) is 10.3 Å². The molecule has 0 saturated heterocycles. The highest BCUT2D eigenvalue weighted by molar-refractivity contribution is 5.95. The summed E-state index contributed by atoms with van der Waals surface area (Å²) in [5.74, 6) is 1.43. The molecule has 0 fully saturated rings. The van der Waals surface area contributed by atoms with E-state index in [0.717, 1.165) is 23.3 Å². The zero-order chi connectivity index (χ0) is 16.4. The molecule has 1 aliphatic heterocycles. The quantitative estimate of drug-likeness (QED) is 0.801. The van der Waals surface area contributed by atoms with E-state index in [0.29, 0.717) is 17.9 Å². The first-order valence-electron chi connectivity index (χ1n) is 7.83. The number of aromatic nitrogens is 1. The second-order valence-corrected chi connectivity index (χ2v) is 5.64. The van der Waals surface area contributed by atoms with Gasteiger partial charge in [0.1, 0.15) is 5.75 Å². The van der Waals surface area contributed by atoms with E-state index in [-0.39, 0.29) is 11.9 Å². The summed E-state index contributed by atoms with van der Waals surface area (Å²) < 4.78 is 10.9. The fraction of sp³-hybridized carbons (Fsp3) is 0.158. The summed E-state index contributed by atoms with van der Waals surface area (Å²) in [5.41, 5.74) is 2.53. The largest absolute Gasteiger partial charge is 0.493 e. The molecule has 5 heteroatoms. The van der Waals surface area contributed by atoms with Crippen LogP contribution >= 0.6 is 0 Å². The lowest BCUT2D eigenvalue weighted by molar-refractivity contribution is 0.0925. The monoisotopic (exact) mass is 320 g/mol. The number of fused-ring (bicyclic) bond motifs is 1. The van der Waals surface area contributed by atoms with Crippen molar-refractivity contribution in [2.75, 3.05) is 6.61 Å². The van der Waals surface area contributed by atoms with E-state index < -0.39 is 0 Å². The highest BCUT2D eigenvalue weighted by Gasteiger charge is 2.23. The van der Waals surface area contributed by atoms with Crippen LogP contribution in [-0.4, -0.2) is 17.5 Å². The maximum atomic E-state index is 12.5. The number of carbonyl (C=O) groups excluding carboxylic acids is 1. The molecule has 0 unspecified atom stereocenters. The Balaban J connectivity index is 1.51. The third kappa shape index (κ3) is 2.76. The molecule has 4 rings (SSSR count). The molecule has 24 heavy (non-hydrogen) atoms. The van der Waals surface area contributed by atoms with Gasteiger partial charge in [0.2, 0.25) is 0 Å². The van der Waals surface area contributed by atoms with Crippen molar-refractivity contribution in [2.45, 2.75) is 12.5 Å². The molecule has 1 atom stereocenters. The van der Waals surface area contributed by atoms with Crippen LogP contribution in [0.3, 0.4) is 0 Å². The average Bonchev–Trinajstić information content (AvgIpc) is 3.17. The normalized spacial score (nSPS) is 16.1. The van der Waals surface area contributed by atoms with Crippen LogP contribution < -0.4 is 10.1 Å². The number of carbonyl (C=O) groups is 1. The standard InChI is InChI=1S/C19H16N2O3/c22-19(14-7-5-13(6-8-14)18-11-20-12-24-18)21-16-9-10-23-17-4-2-1-3-15(16)17/h1-8,11-12,16H,9-10H2,(H,21,22)/t16-/m0/s1. The summed E-state index contributed by atoms with van der Waals surface area (Å²) >= 11 is 0. The molecular weight excluding hydrogens is 304 g/mol. The van der Waals surface area contributed by atoms with Gasteiger partial charge in [-0.1, -0.05) is 30.3 Å². The number of oxazole rings is 1. The number of hydrogen-bond acceptors (Lipinski definition) is 4. The van der Waals surface area contributed by atoms with Crippen molar-refractivity contribution >= 4 is 5.91 Å². The Kier molecular flexibility index (Phi) is 3.75. The highest BCUT2D eigenvalue weighted by Crippen LogP contribution is 2.31. The Morgan fingerprint density at radius 3 is 2.75 bits per heavy atom. The fourth-order valence-electron chi connectivity index (χ4n) is 2.88. The van der Waals surface area contributed by atoms with Crippen LogP contribution in [0.15, 0.2) is 65.5 Å². The average molecular weight is 320 g/mol. The lowest BCUT2D eigenvalue weighted by Crippen LogP contribution is -2.32. The van der Waals surface area contributed by atoms with E-state index in [9.17, 15) is 4.79 Å². The van der Waals surface area contributed by atoms with Gasteiger partial charge in [0.25, 0.3) is 5.91 Å². The predicted octanol–water partition coefficient (Wildman–Crippen LogP) is 3.60. The number of nitrogens with one attached hydrogen (secondary N) is 1. The highest BCUT2D eigenvalue weighted by atomic mass is 16.5. The lowest BCUT2D eigenvalue weighted by atomic mass is 10.00. The molecule has 0 spiro atoms. The van der Waals surface area contributed by atoms with E-state index in [1.165, 1.54) is 6.39 Å². The Labute approximate surface area is 139 Å². The molecule has 1 aromatic heterocycles. The van der Waals surface area contributed by atoms with Crippen LogP contribution in [0.5, 0.6) is 5.75 Å². The van der Waals surface area contributed by atoms with Gasteiger partial charge in [0, 0.05) is 23.1 Å². The van der Waals surface area contributed by atoms with Crippen LogP contribution in [0.4, 0.5) is 0 Å². The number of nitrogens with zero attached hydrogens (tertiary/aromatic N) is 1. The molecule has 0 bridgehead atoms. The molecule has 0 saturated carbocycles. The number of amides is 1. The third-order valence-corrected chi connectivity index (χ3v) is 4.13. The minimum Gasteiger partial charge on any atom is -0.493 e. The SMILES string of the molecule is O=C(N[C@H]1CCOc2ccccc21)c1ccc(-c2cnco2)cc1. The summed E-state index contributed by atoms with van der Waals surface area (Å²) in [6.07, 6.45) is 3.80. The van der Waals surface area contributed by atoms with Crippen LogP contribution in [0, 0.1) is 0 Å². The van der Waals surface area contributed by atoms with E-state index in [4.69, 9.17) is 9.15 Å². The smallest absolute Gasteiger partial charge is 0.251 e. The van der Waals surface area contributed by atoms with Crippen LogP contribution in [0.2, 0.25) is 0 Å². The van der Waals surface area contributed by atoms with Crippen molar-refractivity contribution in [1.29, 1.82) is 0 Å². The van der Waals surface area contributed by atoms with Crippen molar-refractivity contribution in [1.82, 2.24) is 10.3 Å². The first-order chi connectivity index (χ1) is 11.8. The van der Waals surface area contributed by atoms with Crippen LogP contribution in [-0.2, 0) is 0 Å². The molecule has 0 aliphatic carbocycles. The minimum absolute atomic E-state index is 0.0311. The zero-order valence-corrected chi connectivity index (χ0v) is 12.9. The van der Waals surface area contributed by atoms with Gasteiger partial charge < -0.3 is 14.5 Å². The van der Waals surface area contributed by atoms with E-state index in [1.54, 1.807) is 18.3 Å². The molecule has 1 amide bonds. The lowest BCUT2D eigenvalue weighted by Gasteiger charge is -2.26. The fourth-order valence-corrected chi connectivity index (χ4v) is 2.88. The maximum Gasteiger partial charge on any atom is 0.251 e. The molecule has 3 aromatic rings. The van der Waals surface area contributed by atoms with Crippen LogP contribution in [0.25, 0.3) is 11.3 Å². The molecule has 0 radical (unpaired) electrons. The maximum absolute atomic E-state index is 12.5. The summed E-state index contributed by atoms with van der Waals surface area (Å²) in [7, 11) is 0. The third-order valence-electron chi connectivity index (χ3n) is 4.13. The first kappa shape index (κ1) is 14.5. The Morgan fingerprint density at radius 2 is 1.96 bits per heavy atom. The number of para-hydroxylation sites is 1. The minimum atomic E-state index is -0.0965. The molecular formula is C19H16N2O3. The Bertz CT molecular complexity index is 841. The van der Waals surface area contributed by atoms with Gasteiger partial charge in [-0.3, -0.25) is 4.79 Å². The summed E-state index contributed by atoms with van der Waals surface area (Å²) in [6, 6.07) is 15.1. The molecule has 2 heterocycles. The van der Waals surface area contributed by atoms with Gasteiger partial charge in [-0.25, -0.2) is 4.98 Å². The molecule has 1 N–H and O–H groups in total. The second kappa shape index (κ2) is 6.20. The first-order valence-corrected chi connectivity index (χ1v) is 7.83. The number of benzene rings is 2. The number of hydrogen-bond donors (Lipinski definition) is 1. The van der Waals surface area contributed by atoms with E-state index >= 15 is 0 Å². The Morgan fingerprint density at radius 1 is 1.12 bits per heavy atom. The van der Waals surface area contributed by atoms with Gasteiger partial charge in [-0.05, 0) is 18.2 Å². The topological polar surface area (TPSA) is 64.4 Å². The van der Waals surface area contributed by atoms with E-state index in [1.807, 2.05) is 36.4 Å². The van der Waals surface area contributed by atoms with Gasteiger partial charge >= 0.3 is 0 Å². The van der Waals surface area contributed by atoms with Crippen molar-refractivity contribution in [3.63, 3.8) is 0 Å². The number of ether oxygens (including phenoxy) is 1. The molecule has 120 valence electrons. The second-order valence-electron chi connectivity index (χ2n) is 5.64. The number of rotatable bonds is 3. The van der Waals surface area contributed by atoms with Crippen molar-refractivity contribution in [3.05, 3.63) is 72.2 Å². The van der Waals surface area contributed by atoms with Crippen LogP contribution in [0.1, 0.15) is 28.4 Å². The van der Waals surface area contributed by atoms with Crippen molar-refractivity contribution < 1.29 is 13.9 Å². The van der Waals surface area contributed by atoms with Gasteiger partial charge in [0.15, 0.2) is 12.2 Å². The molecule has 5 nitrogen and oxygen atoms in total. The Hall–Kier alpha value is -3.08. The zero-order valence-electron chi connectivity index (χ0n) is 12.9. The van der Waals surface area contributed by atoms with Gasteiger partial charge in [0.05, 0.1) is 18.8 Å². The summed E-state index contributed by atoms with van der Waals surface area (Å²) in [4.78, 5) is 16.4. The van der Waals surface area contributed by atoms with Crippen molar-refractivity contribution in [2.24, 2.45) is 0 Å². The summed E-state index contributed by atoms with van der Waals surface area (Å²) in [6.45, 7) is 0.604. The van der Waals surface area contributed by atoms with Crippen molar-refractivity contribution in [3.8, 4) is 17.1 Å². The summed E-state index contributed by atoms with van der Waals surface area (Å²) in [5, 5.41) is 3.09. The molecule has 2 aromatic carbocycles. The molecule has 1 aliphatic rings.